The van der Waals surface area contributed by atoms with Gasteiger partial charge < -0.3 is 10.6 Å². The van der Waals surface area contributed by atoms with Gasteiger partial charge in [0.25, 0.3) is 0 Å². The molecule has 0 bridgehead atoms. The molecule has 1 saturated heterocycles. The molecule has 0 spiro atoms. The van der Waals surface area contributed by atoms with Crippen LogP contribution in [-0.4, -0.2) is 45.0 Å². The fourth-order valence-corrected chi connectivity index (χ4v) is 5.59. The van der Waals surface area contributed by atoms with Crippen molar-refractivity contribution in [3.63, 3.8) is 0 Å². The third-order valence-electron chi connectivity index (χ3n) is 5.21. The number of guanidine groups is 1. The second-order valence-electron chi connectivity index (χ2n) is 6.86. The molecule has 0 unspecified atom stereocenters. The van der Waals surface area contributed by atoms with Crippen LogP contribution in [0, 0.1) is 11.8 Å². The fourth-order valence-electron chi connectivity index (χ4n) is 3.91. The molecular formula is C15H27N3O2S. The Morgan fingerprint density at radius 3 is 2.48 bits per heavy atom. The molecule has 3 aliphatic rings. The van der Waals surface area contributed by atoms with Gasteiger partial charge >= 0.3 is 0 Å². The summed E-state index contributed by atoms with van der Waals surface area (Å²) in [5.41, 5.74) is 0. The molecule has 3 rings (SSSR count). The van der Waals surface area contributed by atoms with Crippen LogP contribution in [0.3, 0.4) is 0 Å². The topological polar surface area (TPSA) is 70.6 Å². The third kappa shape index (κ3) is 3.90. The summed E-state index contributed by atoms with van der Waals surface area (Å²) in [6.45, 7) is 0. The number of nitrogens with one attached hydrogen (secondary N) is 2. The lowest BCUT2D eigenvalue weighted by Crippen LogP contribution is -2.45. The molecule has 1 aliphatic heterocycles. The largest absolute Gasteiger partial charge is 0.353 e. The zero-order chi connectivity index (χ0) is 14.9. The molecule has 2 saturated carbocycles. The highest BCUT2D eigenvalue weighted by molar-refractivity contribution is 7.91. The van der Waals surface area contributed by atoms with Gasteiger partial charge in [-0.25, -0.2) is 8.42 Å². The quantitative estimate of drug-likeness (QED) is 0.609. The normalized spacial score (nSPS) is 36.4. The molecule has 0 aromatic rings. The van der Waals surface area contributed by atoms with E-state index in [-0.39, 0.29) is 11.8 Å². The number of rotatable bonds is 3. The van der Waals surface area contributed by atoms with Crippen LogP contribution in [0.5, 0.6) is 0 Å². The van der Waals surface area contributed by atoms with Crippen LogP contribution < -0.4 is 10.6 Å². The first-order chi connectivity index (χ1) is 10.1. The second kappa shape index (κ2) is 6.15. The molecule has 1 heterocycles. The van der Waals surface area contributed by atoms with Crippen LogP contribution in [0.2, 0.25) is 0 Å². The van der Waals surface area contributed by atoms with E-state index < -0.39 is 9.84 Å². The predicted octanol–water partition coefficient (Wildman–Crippen LogP) is 1.31. The molecule has 0 amide bonds. The summed E-state index contributed by atoms with van der Waals surface area (Å²) in [5.74, 6) is 3.01. The second-order valence-corrected chi connectivity index (χ2v) is 9.09. The number of nitrogens with zero attached hydrogens (tertiary/aromatic N) is 1. The van der Waals surface area contributed by atoms with Crippen molar-refractivity contribution in [3.05, 3.63) is 0 Å². The van der Waals surface area contributed by atoms with E-state index >= 15 is 0 Å². The molecule has 120 valence electrons. The highest BCUT2D eigenvalue weighted by Gasteiger charge is 2.43. The molecule has 2 aliphatic carbocycles. The summed E-state index contributed by atoms with van der Waals surface area (Å²) in [6, 6.07) is 0.561. The summed E-state index contributed by atoms with van der Waals surface area (Å²) >= 11 is 0. The fraction of sp³-hybridized carbons (Fsp3) is 0.933. The van der Waals surface area contributed by atoms with Gasteiger partial charge in [-0.2, -0.15) is 0 Å². The van der Waals surface area contributed by atoms with Crippen LogP contribution in [0.25, 0.3) is 0 Å². The molecule has 5 nitrogen and oxygen atoms in total. The van der Waals surface area contributed by atoms with Crippen molar-refractivity contribution in [3.8, 4) is 0 Å². The van der Waals surface area contributed by atoms with Gasteiger partial charge in [-0.3, -0.25) is 4.99 Å². The van der Waals surface area contributed by atoms with E-state index in [1.807, 2.05) is 0 Å². The first-order valence-corrected chi connectivity index (χ1v) is 10.1. The van der Waals surface area contributed by atoms with E-state index in [1.54, 1.807) is 7.05 Å². The van der Waals surface area contributed by atoms with Gasteiger partial charge in [0.15, 0.2) is 15.8 Å². The number of aliphatic imine (C=N–C) groups is 1. The molecular weight excluding hydrogens is 286 g/mol. The SMILES string of the molecule is CN=C(N[C@@H]1CCS(=O)(=O)C1)N[C@@H]1C[C@@H]1C1CCCCC1. The Balaban J connectivity index is 1.46. The number of hydrogen-bond donors (Lipinski definition) is 2. The summed E-state index contributed by atoms with van der Waals surface area (Å²) in [5, 5.41) is 6.76. The lowest BCUT2D eigenvalue weighted by atomic mass is 9.85. The van der Waals surface area contributed by atoms with E-state index in [0.717, 1.165) is 17.8 Å². The summed E-state index contributed by atoms with van der Waals surface area (Å²) < 4.78 is 23.0. The highest BCUT2D eigenvalue weighted by Crippen LogP contribution is 2.44. The minimum absolute atomic E-state index is 0.0214. The smallest absolute Gasteiger partial charge is 0.191 e. The predicted molar refractivity (Wildman–Crippen MR) is 85.2 cm³/mol. The van der Waals surface area contributed by atoms with E-state index in [9.17, 15) is 8.42 Å². The Bertz CT molecular complexity index is 497. The Morgan fingerprint density at radius 1 is 1.10 bits per heavy atom. The van der Waals surface area contributed by atoms with Crippen molar-refractivity contribution in [2.45, 2.75) is 57.0 Å². The van der Waals surface area contributed by atoms with Gasteiger partial charge in [-0.15, -0.1) is 0 Å². The Morgan fingerprint density at radius 2 is 1.86 bits per heavy atom. The number of sulfone groups is 1. The molecule has 2 N–H and O–H groups in total. The molecule has 0 aromatic carbocycles. The van der Waals surface area contributed by atoms with Crippen molar-refractivity contribution >= 4 is 15.8 Å². The van der Waals surface area contributed by atoms with Crippen LogP contribution in [0.15, 0.2) is 4.99 Å². The zero-order valence-corrected chi connectivity index (χ0v) is 13.7. The molecule has 0 aromatic heterocycles. The first kappa shape index (κ1) is 15.1. The average Bonchev–Trinajstić information content (AvgIpc) is 3.15. The minimum atomic E-state index is -2.84. The zero-order valence-electron chi connectivity index (χ0n) is 12.8. The Hall–Kier alpha value is -0.780. The third-order valence-corrected chi connectivity index (χ3v) is 6.98. The molecule has 6 heteroatoms. The maximum Gasteiger partial charge on any atom is 0.191 e. The monoisotopic (exact) mass is 313 g/mol. The molecule has 3 atom stereocenters. The van der Waals surface area contributed by atoms with E-state index in [1.165, 1.54) is 38.5 Å². The summed E-state index contributed by atoms with van der Waals surface area (Å²) in [7, 11) is -1.07. The van der Waals surface area contributed by atoms with E-state index in [0.29, 0.717) is 18.2 Å². The molecule has 0 radical (unpaired) electrons. The standard InChI is InChI=1S/C15H27N3O2S/c1-16-15(17-12-7-8-21(19,20)10-12)18-14-9-13(14)11-5-3-2-4-6-11/h11-14H,2-10H2,1H3,(H2,16,17,18)/t12-,13-,14-/m1/s1. The van der Waals surface area contributed by atoms with Crippen molar-refractivity contribution < 1.29 is 8.42 Å². The van der Waals surface area contributed by atoms with E-state index in [4.69, 9.17) is 0 Å². The van der Waals surface area contributed by atoms with Crippen molar-refractivity contribution in [1.82, 2.24) is 10.6 Å². The highest BCUT2D eigenvalue weighted by atomic mass is 32.2. The van der Waals surface area contributed by atoms with Crippen molar-refractivity contribution in [2.24, 2.45) is 16.8 Å². The van der Waals surface area contributed by atoms with Gasteiger partial charge in [-0.1, -0.05) is 32.1 Å². The molecule has 21 heavy (non-hydrogen) atoms. The van der Waals surface area contributed by atoms with Gasteiger partial charge in [0.1, 0.15) is 0 Å². The minimum Gasteiger partial charge on any atom is -0.353 e. The molecule has 3 fully saturated rings. The summed E-state index contributed by atoms with van der Waals surface area (Å²) in [4.78, 5) is 4.26. The Labute approximate surface area is 127 Å². The van der Waals surface area contributed by atoms with Crippen molar-refractivity contribution in [1.29, 1.82) is 0 Å². The van der Waals surface area contributed by atoms with Crippen LogP contribution in [0.4, 0.5) is 0 Å². The van der Waals surface area contributed by atoms with E-state index in [2.05, 4.69) is 15.6 Å². The number of hydrogen-bond acceptors (Lipinski definition) is 3. The lowest BCUT2D eigenvalue weighted by Gasteiger charge is -2.22. The van der Waals surface area contributed by atoms with Gasteiger partial charge in [0.05, 0.1) is 11.5 Å². The lowest BCUT2D eigenvalue weighted by molar-refractivity contribution is 0.315. The van der Waals surface area contributed by atoms with Crippen LogP contribution >= 0.6 is 0 Å². The maximum absolute atomic E-state index is 11.5. The van der Waals surface area contributed by atoms with Gasteiger partial charge in [0, 0.05) is 19.1 Å². The average molecular weight is 313 g/mol. The summed E-state index contributed by atoms with van der Waals surface area (Å²) in [6.07, 6.45) is 8.89. The maximum atomic E-state index is 11.5. The van der Waals surface area contributed by atoms with Gasteiger partial charge in [-0.05, 0) is 24.7 Å². The Kier molecular flexibility index (Phi) is 4.43. The van der Waals surface area contributed by atoms with Crippen LogP contribution in [-0.2, 0) is 9.84 Å². The first-order valence-electron chi connectivity index (χ1n) is 8.28. The van der Waals surface area contributed by atoms with Gasteiger partial charge in [0.2, 0.25) is 0 Å². The van der Waals surface area contributed by atoms with Crippen LogP contribution in [0.1, 0.15) is 44.9 Å². The van der Waals surface area contributed by atoms with Crippen molar-refractivity contribution in [2.75, 3.05) is 18.6 Å².